The summed E-state index contributed by atoms with van der Waals surface area (Å²) in [5, 5.41) is 14.6. The molecule has 4 heteroatoms. The van der Waals surface area contributed by atoms with E-state index in [4.69, 9.17) is 0 Å². The molecule has 2 aromatic rings. The molecule has 1 heterocycles. The summed E-state index contributed by atoms with van der Waals surface area (Å²) >= 11 is 0. The van der Waals surface area contributed by atoms with E-state index in [1.54, 1.807) is 0 Å². The fourth-order valence-electron chi connectivity index (χ4n) is 2.31. The molecule has 0 bridgehead atoms. The van der Waals surface area contributed by atoms with E-state index in [1.807, 2.05) is 45.0 Å². The van der Waals surface area contributed by atoms with E-state index in [9.17, 15) is 9.90 Å². The quantitative estimate of drug-likeness (QED) is 0.931. The van der Waals surface area contributed by atoms with Gasteiger partial charge < -0.3 is 5.11 Å². The molecule has 0 aliphatic heterocycles. The van der Waals surface area contributed by atoms with E-state index >= 15 is 0 Å². The van der Waals surface area contributed by atoms with Gasteiger partial charge in [-0.2, -0.15) is 5.10 Å². The van der Waals surface area contributed by atoms with Crippen molar-refractivity contribution in [2.45, 2.75) is 40.2 Å². The minimum absolute atomic E-state index is 0.0131. The van der Waals surface area contributed by atoms with Crippen LogP contribution in [0.5, 0.6) is 5.75 Å². The summed E-state index contributed by atoms with van der Waals surface area (Å²) in [7, 11) is 0. The number of aromatic nitrogens is 2. The molecule has 0 unspecified atom stereocenters. The van der Waals surface area contributed by atoms with Gasteiger partial charge in [0.1, 0.15) is 5.69 Å². The molecule has 0 radical (unpaired) electrons. The Morgan fingerprint density at radius 1 is 1.25 bits per heavy atom. The standard InChI is InChI=1S/C16H20N2O2/c1-4-10-18-16(20)14(15(19)13(5-2)17-18)12-9-7-6-8-11(12)3/h6-9,19H,4-5,10H2,1-3H3. The van der Waals surface area contributed by atoms with Gasteiger partial charge in [-0.25, -0.2) is 4.68 Å². The molecule has 1 aromatic heterocycles. The fourth-order valence-corrected chi connectivity index (χ4v) is 2.31. The van der Waals surface area contributed by atoms with Gasteiger partial charge in [-0.3, -0.25) is 4.79 Å². The molecule has 106 valence electrons. The Labute approximate surface area is 118 Å². The van der Waals surface area contributed by atoms with E-state index in [2.05, 4.69) is 5.10 Å². The summed E-state index contributed by atoms with van der Waals surface area (Å²) in [5.41, 5.74) is 2.45. The first kappa shape index (κ1) is 14.3. The van der Waals surface area contributed by atoms with Gasteiger partial charge in [0, 0.05) is 6.54 Å². The predicted molar refractivity (Wildman–Crippen MR) is 80.0 cm³/mol. The molecule has 0 aliphatic rings. The molecule has 0 spiro atoms. The van der Waals surface area contributed by atoms with Crippen LogP contribution in [0.2, 0.25) is 0 Å². The van der Waals surface area contributed by atoms with Gasteiger partial charge in [0.05, 0.1) is 5.56 Å². The predicted octanol–water partition coefficient (Wildman–Crippen LogP) is 2.90. The molecule has 4 nitrogen and oxygen atoms in total. The Kier molecular flexibility index (Phi) is 4.23. The third kappa shape index (κ3) is 2.46. The van der Waals surface area contributed by atoms with Crippen molar-refractivity contribution in [3.63, 3.8) is 0 Å². The Balaban J connectivity index is 2.77. The SMILES string of the molecule is CCCn1nc(CC)c(O)c(-c2ccccc2C)c1=O. The smallest absolute Gasteiger partial charge is 0.278 e. The van der Waals surface area contributed by atoms with Crippen molar-refractivity contribution >= 4 is 0 Å². The number of aryl methyl sites for hydroxylation is 3. The maximum atomic E-state index is 12.5. The topological polar surface area (TPSA) is 55.1 Å². The van der Waals surface area contributed by atoms with Crippen LogP contribution in [0, 0.1) is 6.92 Å². The van der Waals surface area contributed by atoms with Gasteiger partial charge in [-0.1, -0.05) is 38.1 Å². The van der Waals surface area contributed by atoms with Gasteiger partial charge in [-0.05, 0) is 30.9 Å². The zero-order valence-electron chi connectivity index (χ0n) is 12.2. The molecule has 1 N–H and O–H groups in total. The molecule has 0 fully saturated rings. The van der Waals surface area contributed by atoms with Crippen LogP contribution in [0.25, 0.3) is 11.1 Å². The van der Waals surface area contributed by atoms with E-state index < -0.39 is 0 Å². The molecule has 0 saturated heterocycles. The molecule has 0 aliphatic carbocycles. The average Bonchev–Trinajstić information content (AvgIpc) is 2.44. The third-order valence-corrected chi connectivity index (χ3v) is 3.38. The molecular weight excluding hydrogens is 252 g/mol. The lowest BCUT2D eigenvalue weighted by molar-refractivity contribution is 0.449. The summed E-state index contributed by atoms with van der Waals surface area (Å²) < 4.78 is 1.46. The summed E-state index contributed by atoms with van der Waals surface area (Å²) in [6.07, 6.45) is 1.42. The normalized spacial score (nSPS) is 10.8. The first-order valence-corrected chi connectivity index (χ1v) is 6.99. The number of aromatic hydroxyl groups is 1. The minimum atomic E-state index is -0.226. The van der Waals surface area contributed by atoms with E-state index in [-0.39, 0.29) is 11.3 Å². The van der Waals surface area contributed by atoms with Crippen LogP contribution in [0.15, 0.2) is 29.1 Å². The maximum Gasteiger partial charge on any atom is 0.278 e. The summed E-state index contributed by atoms with van der Waals surface area (Å²) in [6, 6.07) is 7.59. The van der Waals surface area contributed by atoms with Crippen LogP contribution < -0.4 is 5.56 Å². The maximum absolute atomic E-state index is 12.5. The molecule has 1 aromatic carbocycles. The molecule has 0 saturated carbocycles. The number of hydrogen-bond donors (Lipinski definition) is 1. The Bertz CT molecular complexity index is 675. The Morgan fingerprint density at radius 2 is 1.95 bits per heavy atom. The van der Waals surface area contributed by atoms with Gasteiger partial charge in [0.15, 0.2) is 5.75 Å². The van der Waals surface area contributed by atoms with Crippen molar-refractivity contribution in [2.24, 2.45) is 0 Å². The van der Waals surface area contributed by atoms with Crippen molar-refractivity contribution in [1.29, 1.82) is 0 Å². The second-order valence-electron chi connectivity index (χ2n) is 4.87. The van der Waals surface area contributed by atoms with Gasteiger partial charge in [0.2, 0.25) is 0 Å². The second-order valence-corrected chi connectivity index (χ2v) is 4.87. The highest BCUT2D eigenvalue weighted by Crippen LogP contribution is 2.30. The minimum Gasteiger partial charge on any atom is -0.505 e. The highest BCUT2D eigenvalue weighted by Gasteiger charge is 2.18. The highest BCUT2D eigenvalue weighted by molar-refractivity contribution is 5.72. The van der Waals surface area contributed by atoms with Crippen LogP contribution in [0.3, 0.4) is 0 Å². The Hall–Kier alpha value is -2.10. The number of benzene rings is 1. The summed E-state index contributed by atoms with van der Waals surface area (Å²) in [4.78, 5) is 12.5. The van der Waals surface area contributed by atoms with Crippen molar-refractivity contribution in [2.75, 3.05) is 0 Å². The molecular formula is C16H20N2O2. The molecule has 0 atom stereocenters. The Morgan fingerprint density at radius 3 is 2.55 bits per heavy atom. The largest absolute Gasteiger partial charge is 0.505 e. The summed E-state index contributed by atoms with van der Waals surface area (Å²) in [5.74, 6) is 0.0131. The van der Waals surface area contributed by atoms with Gasteiger partial charge >= 0.3 is 0 Å². The lowest BCUT2D eigenvalue weighted by Crippen LogP contribution is -2.26. The second kappa shape index (κ2) is 5.90. The van der Waals surface area contributed by atoms with E-state index in [0.29, 0.717) is 24.2 Å². The zero-order valence-corrected chi connectivity index (χ0v) is 12.2. The van der Waals surface area contributed by atoms with E-state index in [0.717, 1.165) is 17.5 Å². The zero-order chi connectivity index (χ0) is 14.7. The summed E-state index contributed by atoms with van der Waals surface area (Å²) in [6.45, 7) is 6.42. The number of hydrogen-bond acceptors (Lipinski definition) is 3. The molecule has 20 heavy (non-hydrogen) atoms. The van der Waals surface area contributed by atoms with Crippen LogP contribution in [-0.4, -0.2) is 14.9 Å². The van der Waals surface area contributed by atoms with Crippen LogP contribution in [-0.2, 0) is 13.0 Å². The third-order valence-electron chi connectivity index (χ3n) is 3.38. The lowest BCUT2D eigenvalue weighted by Gasteiger charge is -2.13. The average molecular weight is 272 g/mol. The lowest BCUT2D eigenvalue weighted by atomic mass is 10.0. The van der Waals surface area contributed by atoms with Gasteiger partial charge in [0.25, 0.3) is 5.56 Å². The molecule has 0 amide bonds. The van der Waals surface area contributed by atoms with E-state index in [1.165, 1.54) is 4.68 Å². The van der Waals surface area contributed by atoms with Crippen molar-refractivity contribution in [3.8, 4) is 16.9 Å². The molecule has 2 rings (SSSR count). The fraction of sp³-hybridized carbons (Fsp3) is 0.375. The number of rotatable bonds is 4. The first-order chi connectivity index (χ1) is 9.60. The van der Waals surface area contributed by atoms with Gasteiger partial charge in [-0.15, -0.1) is 0 Å². The van der Waals surface area contributed by atoms with Crippen LogP contribution >= 0.6 is 0 Å². The van der Waals surface area contributed by atoms with Crippen molar-refractivity contribution in [1.82, 2.24) is 9.78 Å². The first-order valence-electron chi connectivity index (χ1n) is 6.99. The number of nitrogens with zero attached hydrogens (tertiary/aromatic N) is 2. The van der Waals surface area contributed by atoms with Crippen molar-refractivity contribution in [3.05, 3.63) is 45.9 Å². The highest BCUT2D eigenvalue weighted by atomic mass is 16.3. The van der Waals surface area contributed by atoms with Crippen LogP contribution in [0.1, 0.15) is 31.5 Å². The van der Waals surface area contributed by atoms with Crippen molar-refractivity contribution < 1.29 is 5.11 Å². The monoisotopic (exact) mass is 272 g/mol. The van der Waals surface area contributed by atoms with Crippen LogP contribution in [0.4, 0.5) is 0 Å².